The average molecular weight is 239 g/mol. The maximum Gasteiger partial charge on any atom is 0.0832 e. The number of ether oxygens (including phenoxy) is 1. The van der Waals surface area contributed by atoms with E-state index in [-0.39, 0.29) is 11.6 Å². The van der Waals surface area contributed by atoms with E-state index in [1.165, 1.54) is 18.4 Å². The third-order valence-electron chi connectivity index (χ3n) is 4.54. The average Bonchev–Trinajstić information content (AvgIpc) is 2.29. The van der Waals surface area contributed by atoms with E-state index < -0.39 is 0 Å². The van der Waals surface area contributed by atoms with Crippen LogP contribution in [0.15, 0.2) is 12.2 Å². The molecule has 0 radical (unpaired) electrons. The lowest BCUT2D eigenvalue weighted by Gasteiger charge is -2.46. The van der Waals surface area contributed by atoms with Crippen molar-refractivity contribution >= 4 is 0 Å². The SMILES string of the molecule is C=C(CC)CC(N)C1(OC)CCC(C)(C)CC1. The van der Waals surface area contributed by atoms with Crippen molar-refractivity contribution in [3.63, 3.8) is 0 Å². The van der Waals surface area contributed by atoms with Gasteiger partial charge in [0.15, 0.2) is 0 Å². The Morgan fingerprint density at radius 1 is 1.29 bits per heavy atom. The molecule has 0 bridgehead atoms. The Morgan fingerprint density at radius 2 is 1.82 bits per heavy atom. The van der Waals surface area contributed by atoms with Crippen LogP contribution in [0.2, 0.25) is 0 Å². The second-order valence-electron chi connectivity index (χ2n) is 6.35. The molecule has 17 heavy (non-hydrogen) atoms. The van der Waals surface area contributed by atoms with Crippen LogP contribution in [0.3, 0.4) is 0 Å². The zero-order valence-corrected chi connectivity index (χ0v) is 12.0. The molecule has 1 rings (SSSR count). The molecule has 0 amide bonds. The molecule has 0 spiro atoms. The Kier molecular flexibility index (Phi) is 4.79. The Bertz CT molecular complexity index is 260. The largest absolute Gasteiger partial charge is 0.377 e. The van der Waals surface area contributed by atoms with E-state index in [1.54, 1.807) is 0 Å². The molecule has 1 saturated carbocycles. The van der Waals surface area contributed by atoms with Crippen LogP contribution in [0.5, 0.6) is 0 Å². The molecule has 1 atom stereocenters. The second kappa shape index (κ2) is 5.53. The standard InChI is InChI=1S/C15H29NO/c1-6-12(2)11-13(16)15(17-5)9-7-14(3,4)8-10-15/h13H,2,6-11,16H2,1,3-5H3. The van der Waals surface area contributed by atoms with Gasteiger partial charge in [0.05, 0.1) is 5.60 Å². The fourth-order valence-electron chi connectivity index (χ4n) is 2.72. The fraction of sp³-hybridized carbons (Fsp3) is 0.867. The van der Waals surface area contributed by atoms with Gasteiger partial charge in [0.25, 0.3) is 0 Å². The minimum atomic E-state index is -0.117. The molecule has 0 aromatic heterocycles. The molecule has 0 heterocycles. The molecule has 1 aliphatic carbocycles. The van der Waals surface area contributed by atoms with E-state index >= 15 is 0 Å². The summed E-state index contributed by atoms with van der Waals surface area (Å²) < 4.78 is 5.81. The molecule has 2 heteroatoms. The Morgan fingerprint density at radius 3 is 2.24 bits per heavy atom. The second-order valence-corrected chi connectivity index (χ2v) is 6.35. The summed E-state index contributed by atoms with van der Waals surface area (Å²) in [4.78, 5) is 0. The van der Waals surface area contributed by atoms with Crippen molar-refractivity contribution in [3.05, 3.63) is 12.2 Å². The van der Waals surface area contributed by atoms with Gasteiger partial charge in [-0.25, -0.2) is 0 Å². The van der Waals surface area contributed by atoms with Crippen LogP contribution in [0.1, 0.15) is 59.3 Å². The lowest BCUT2D eigenvalue weighted by molar-refractivity contribution is -0.0781. The van der Waals surface area contributed by atoms with Crippen LogP contribution in [0.4, 0.5) is 0 Å². The number of methoxy groups -OCH3 is 1. The molecule has 0 aliphatic heterocycles. The Labute approximate surface area is 107 Å². The highest BCUT2D eigenvalue weighted by Gasteiger charge is 2.42. The summed E-state index contributed by atoms with van der Waals surface area (Å²) >= 11 is 0. The quantitative estimate of drug-likeness (QED) is 0.743. The summed E-state index contributed by atoms with van der Waals surface area (Å²) in [6, 6.07) is 0.0936. The highest BCUT2D eigenvalue weighted by atomic mass is 16.5. The summed E-state index contributed by atoms with van der Waals surface area (Å²) in [6.07, 6.45) is 6.47. The van der Waals surface area contributed by atoms with Gasteiger partial charge in [-0.15, -0.1) is 0 Å². The van der Waals surface area contributed by atoms with Gasteiger partial charge in [0.1, 0.15) is 0 Å². The molecule has 1 unspecified atom stereocenters. The predicted molar refractivity (Wildman–Crippen MR) is 74.0 cm³/mol. The highest BCUT2D eigenvalue weighted by Crippen LogP contribution is 2.43. The van der Waals surface area contributed by atoms with Crippen molar-refractivity contribution in [1.82, 2.24) is 0 Å². The van der Waals surface area contributed by atoms with Crippen LogP contribution < -0.4 is 5.73 Å². The van der Waals surface area contributed by atoms with Crippen molar-refractivity contribution in [2.24, 2.45) is 11.1 Å². The van der Waals surface area contributed by atoms with Gasteiger partial charge in [-0.2, -0.15) is 0 Å². The van der Waals surface area contributed by atoms with Crippen LogP contribution >= 0.6 is 0 Å². The van der Waals surface area contributed by atoms with Crippen molar-refractivity contribution in [2.75, 3.05) is 7.11 Å². The smallest absolute Gasteiger partial charge is 0.0832 e. The zero-order chi connectivity index (χ0) is 13.1. The maximum absolute atomic E-state index is 6.37. The molecule has 2 N–H and O–H groups in total. The van der Waals surface area contributed by atoms with Gasteiger partial charge in [-0.1, -0.05) is 32.9 Å². The van der Waals surface area contributed by atoms with Crippen molar-refractivity contribution < 1.29 is 4.74 Å². The van der Waals surface area contributed by atoms with Crippen molar-refractivity contribution in [2.45, 2.75) is 70.9 Å². The van der Waals surface area contributed by atoms with E-state index in [0.717, 1.165) is 25.7 Å². The summed E-state index contributed by atoms with van der Waals surface area (Å²) in [5, 5.41) is 0. The summed E-state index contributed by atoms with van der Waals surface area (Å²) in [5.74, 6) is 0. The topological polar surface area (TPSA) is 35.2 Å². The highest BCUT2D eigenvalue weighted by molar-refractivity contribution is 5.04. The molecular weight excluding hydrogens is 210 g/mol. The zero-order valence-electron chi connectivity index (χ0n) is 12.0. The summed E-state index contributed by atoms with van der Waals surface area (Å²) in [5.41, 5.74) is 7.94. The summed E-state index contributed by atoms with van der Waals surface area (Å²) in [7, 11) is 1.81. The third kappa shape index (κ3) is 3.56. The van der Waals surface area contributed by atoms with Crippen molar-refractivity contribution in [1.29, 1.82) is 0 Å². The molecular formula is C15H29NO. The molecule has 1 aliphatic rings. The first-order chi connectivity index (χ1) is 7.85. The van der Waals surface area contributed by atoms with Crippen LogP contribution in [0.25, 0.3) is 0 Å². The third-order valence-corrected chi connectivity index (χ3v) is 4.54. The molecule has 0 aromatic rings. The first-order valence-corrected chi connectivity index (χ1v) is 6.82. The first-order valence-electron chi connectivity index (χ1n) is 6.82. The van der Waals surface area contributed by atoms with Crippen LogP contribution in [0, 0.1) is 5.41 Å². The molecule has 0 saturated heterocycles. The van der Waals surface area contributed by atoms with E-state index in [1.807, 2.05) is 7.11 Å². The molecule has 2 nitrogen and oxygen atoms in total. The van der Waals surface area contributed by atoms with E-state index in [4.69, 9.17) is 10.5 Å². The Balaban J connectivity index is 2.66. The number of hydrogen-bond acceptors (Lipinski definition) is 2. The minimum absolute atomic E-state index is 0.0936. The lowest BCUT2D eigenvalue weighted by Crippen LogP contribution is -2.52. The van der Waals surface area contributed by atoms with E-state index in [2.05, 4.69) is 27.4 Å². The number of hydrogen-bond donors (Lipinski definition) is 1. The lowest BCUT2D eigenvalue weighted by atomic mass is 9.68. The monoisotopic (exact) mass is 239 g/mol. The van der Waals surface area contributed by atoms with Crippen LogP contribution in [-0.4, -0.2) is 18.8 Å². The van der Waals surface area contributed by atoms with Crippen molar-refractivity contribution in [3.8, 4) is 0 Å². The van der Waals surface area contributed by atoms with Crippen LogP contribution in [-0.2, 0) is 4.74 Å². The first kappa shape index (κ1) is 14.7. The van der Waals surface area contributed by atoms with Gasteiger partial charge in [-0.3, -0.25) is 0 Å². The predicted octanol–water partition coefficient (Wildman–Crippen LogP) is 3.66. The van der Waals surface area contributed by atoms with Gasteiger partial charge in [-0.05, 0) is 43.9 Å². The van der Waals surface area contributed by atoms with E-state index in [9.17, 15) is 0 Å². The maximum atomic E-state index is 6.37. The number of nitrogens with two attached hydrogens (primary N) is 1. The number of rotatable bonds is 5. The minimum Gasteiger partial charge on any atom is -0.377 e. The fourth-order valence-corrected chi connectivity index (χ4v) is 2.72. The van der Waals surface area contributed by atoms with Gasteiger partial charge in [0, 0.05) is 13.2 Å². The Hall–Kier alpha value is -0.340. The summed E-state index contributed by atoms with van der Waals surface area (Å²) in [6.45, 7) is 10.9. The van der Waals surface area contributed by atoms with Gasteiger partial charge < -0.3 is 10.5 Å². The van der Waals surface area contributed by atoms with Gasteiger partial charge in [0.2, 0.25) is 0 Å². The molecule has 1 fully saturated rings. The molecule has 100 valence electrons. The van der Waals surface area contributed by atoms with E-state index in [0.29, 0.717) is 5.41 Å². The molecule has 0 aromatic carbocycles. The normalized spacial score (nSPS) is 24.3. The van der Waals surface area contributed by atoms with Gasteiger partial charge >= 0.3 is 0 Å².